The van der Waals surface area contributed by atoms with Crippen LogP contribution in [-0.2, 0) is 4.74 Å². The number of amides is 1. The Labute approximate surface area is 168 Å². The average molecular weight is 407 g/mol. The second-order valence-corrected chi connectivity index (χ2v) is 7.98. The van der Waals surface area contributed by atoms with E-state index in [0.717, 1.165) is 9.88 Å². The lowest BCUT2D eigenvalue weighted by molar-refractivity contribution is -0.384. The SMILES string of the molecule is CC(C)OC(N)=O.Nc1ccc(-c2cnc(C3CCCCC3)s2)c([N+](=O)[O-])c1. The summed E-state index contributed by atoms with van der Waals surface area (Å²) in [5.74, 6) is 0.519. The third-order valence-electron chi connectivity index (χ3n) is 4.31. The minimum atomic E-state index is -0.713. The maximum absolute atomic E-state index is 11.2. The molecule has 1 aromatic carbocycles. The number of rotatable bonds is 4. The first-order valence-corrected chi connectivity index (χ1v) is 10.1. The number of anilines is 1. The highest BCUT2D eigenvalue weighted by atomic mass is 32.1. The molecule has 0 bridgehead atoms. The first-order chi connectivity index (χ1) is 13.3. The number of nitro benzene ring substituents is 1. The van der Waals surface area contributed by atoms with Gasteiger partial charge in [0, 0.05) is 23.9 Å². The van der Waals surface area contributed by atoms with Gasteiger partial charge in [0.1, 0.15) is 0 Å². The van der Waals surface area contributed by atoms with Gasteiger partial charge in [0.2, 0.25) is 0 Å². The van der Waals surface area contributed by atoms with Gasteiger partial charge in [0.25, 0.3) is 5.69 Å². The number of thiazole rings is 1. The van der Waals surface area contributed by atoms with Crippen molar-refractivity contribution in [3.8, 4) is 10.4 Å². The molecular formula is C19H26N4O4S. The molecular weight excluding hydrogens is 380 g/mol. The first-order valence-electron chi connectivity index (χ1n) is 9.24. The van der Waals surface area contributed by atoms with E-state index in [0.29, 0.717) is 17.2 Å². The standard InChI is InChI=1S/C15H17N3O2S.C4H9NO2/c16-11-6-7-12(13(8-11)18(19)20)14-9-17-15(21-14)10-4-2-1-3-5-10;1-3(2)7-4(5)6/h6-10H,1-5,16H2;3H,1-2H3,(H2,5,6). The fraction of sp³-hybridized carbons (Fsp3) is 0.474. The number of aromatic nitrogens is 1. The number of nitrogen functional groups attached to an aromatic ring is 1. The summed E-state index contributed by atoms with van der Waals surface area (Å²) in [7, 11) is 0. The zero-order valence-corrected chi connectivity index (χ0v) is 16.9. The number of carbonyl (C=O) groups excluding carboxylic acids is 1. The van der Waals surface area contributed by atoms with Crippen molar-refractivity contribution in [1.29, 1.82) is 0 Å². The van der Waals surface area contributed by atoms with Gasteiger partial charge < -0.3 is 16.2 Å². The number of hydrogen-bond acceptors (Lipinski definition) is 7. The van der Waals surface area contributed by atoms with Crippen molar-refractivity contribution in [3.63, 3.8) is 0 Å². The van der Waals surface area contributed by atoms with Crippen molar-refractivity contribution < 1.29 is 14.5 Å². The first kappa shape index (κ1) is 21.6. The summed E-state index contributed by atoms with van der Waals surface area (Å²) in [6, 6.07) is 4.82. The lowest BCUT2D eigenvalue weighted by Crippen LogP contribution is -2.17. The van der Waals surface area contributed by atoms with Crippen LogP contribution in [0.25, 0.3) is 10.4 Å². The van der Waals surface area contributed by atoms with Crippen LogP contribution in [0.5, 0.6) is 0 Å². The van der Waals surface area contributed by atoms with E-state index >= 15 is 0 Å². The molecule has 4 N–H and O–H groups in total. The quantitative estimate of drug-likeness (QED) is 0.424. The van der Waals surface area contributed by atoms with Crippen LogP contribution in [-0.4, -0.2) is 22.1 Å². The van der Waals surface area contributed by atoms with Crippen LogP contribution >= 0.6 is 11.3 Å². The number of nitrogens with two attached hydrogens (primary N) is 2. The van der Waals surface area contributed by atoms with Crippen molar-refractivity contribution in [2.24, 2.45) is 5.73 Å². The predicted molar refractivity (Wildman–Crippen MR) is 110 cm³/mol. The van der Waals surface area contributed by atoms with Gasteiger partial charge in [-0.2, -0.15) is 0 Å². The monoisotopic (exact) mass is 406 g/mol. The van der Waals surface area contributed by atoms with Crippen molar-refractivity contribution in [3.05, 3.63) is 39.5 Å². The van der Waals surface area contributed by atoms with Gasteiger partial charge in [0.05, 0.1) is 26.5 Å². The molecule has 0 atom stereocenters. The summed E-state index contributed by atoms with van der Waals surface area (Å²) in [6.45, 7) is 3.48. The molecule has 0 spiro atoms. The molecule has 0 radical (unpaired) electrons. The molecule has 8 nitrogen and oxygen atoms in total. The van der Waals surface area contributed by atoms with Crippen LogP contribution in [0.3, 0.4) is 0 Å². The van der Waals surface area contributed by atoms with Crippen molar-refractivity contribution >= 4 is 28.8 Å². The number of ether oxygens (including phenoxy) is 1. The fourth-order valence-electron chi connectivity index (χ4n) is 3.09. The molecule has 0 unspecified atom stereocenters. The van der Waals surface area contributed by atoms with Gasteiger partial charge in [-0.05, 0) is 38.8 Å². The number of primary amides is 1. The number of benzene rings is 1. The molecule has 1 aromatic heterocycles. The summed E-state index contributed by atoms with van der Waals surface area (Å²) in [6.07, 6.45) is 7.11. The van der Waals surface area contributed by atoms with E-state index in [9.17, 15) is 14.9 Å². The molecule has 0 saturated heterocycles. The highest BCUT2D eigenvalue weighted by Crippen LogP contribution is 2.40. The highest BCUT2D eigenvalue weighted by molar-refractivity contribution is 7.15. The maximum Gasteiger partial charge on any atom is 0.404 e. The minimum absolute atomic E-state index is 0.0499. The van der Waals surface area contributed by atoms with Crippen molar-refractivity contribution in [2.75, 3.05) is 5.73 Å². The summed E-state index contributed by atoms with van der Waals surface area (Å²) >= 11 is 1.57. The molecule has 0 aliphatic heterocycles. The van der Waals surface area contributed by atoms with Crippen LogP contribution < -0.4 is 11.5 Å². The third kappa shape index (κ3) is 6.19. The molecule has 1 aliphatic carbocycles. The predicted octanol–water partition coefficient (Wildman–Crippen LogP) is 4.84. The number of nitro groups is 1. The van der Waals surface area contributed by atoms with Crippen LogP contribution in [0.1, 0.15) is 56.9 Å². The molecule has 1 amide bonds. The van der Waals surface area contributed by atoms with Crippen LogP contribution in [0.2, 0.25) is 0 Å². The van der Waals surface area contributed by atoms with E-state index in [4.69, 9.17) is 5.73 Å². The Hall–Kier alpha value is -2.68. The maximum atomic E-state index is 11.2. The molecule has 1 saturated carbocycles. The molecule has 1 aliphatic rings. The van der Waals surface area contributed by atoms with Crippen molar-refractivity contribution in [1.82, 2.24) is 4.98 Å². The Morgan fingerprint density at radius 1 is 1.32 bits per heavy atom. The second kappa shape index (κ2) is 10.0. The number of hydrogen-bond donors (Lipinski definition) is 2. The minimum Gasteiger partial charge on any atom is -0.447 e. The topological polar surface area (TPSA) is 134 Å². The summed E-state index contributed by atoms with van der Waals surface area (Å²) in [5.41, 5.74) is 11.3. The zero-order chi connectivity index (χ0) is 20.7. The lowest BCUT2D eigenvalue weighted by atomic mass is 9.90. The Bertz CT molecular complexity index is 816. The Morgan fingerprint density at radius 3 is 2.54 bits per heavy atom. The van der Waals surface area contributed by atoms with E-state index in [1.165, 1.54) is 38.2 Å². The van der Waals surface area contributed by atoms with Gasteiger partial charge in [0.15, 0.2) is 0 Å². The van der Waals surface area contributed by atoms with E-state index in [1.807, 2.05) is 0 Å². The molecule has 152 valence electrons. The largest absolute Gasteiger partial charge is 0.447 e. The van der Waals surface area contributed by atoms with Gasteiger partial charge in [-0.15, -0.1) is 11.3 Å². The molecule has 9 heteroatoms. The van der Waals surface area contributed by atoms with E-state index in [2.05, 4.69) is 15.5 Å². The van der Waals surface area contributed by atoms with Gasteiger partial charge >= 0.3 is 6.09 Å². The molecule has 3 rings (SSSR count). The highest BCUT2D eigenvalue weighted by Gasteiger charge is 2.22. The molecule has 28 heavy (non-hydrogen) atoms. The Kier molecular flexibility index (Phi) is 7.74. The van der Waals surface area contributed by atoms with Crippen LogP contribution in [0.15, 0.2) is 24.4 Å². The van der Waals surface area contributed by atoms with E-state index < -0.39 is 6.09 Å². The zero-order valence-electron chi connectivity index (χ0n) is 16.1. The Balaban J connectivity index is 0.000000345. The fourth-order valence-corrected chi connectivity index (χ4v) is 4.21. The van der Waals surface area contributed by atoms with E-state index in [-0.39, 0.29) is 16.7 Å². The molecule has 2 aromatic rings. The average Bonchev–Trinajstić information content (AvgIpc) is 3.11. The normalized spacial score (nSPS) is 14.2. The van der Waals surface area contributed by atoms with Gasteiger partial charge in [-0.25, -0.2) is 9.78 Å². The van der Waals surface area contributed by atoms with E-state index in [1.54, 1.807) is 43.5 Å². The molecule has 1 fully saturated rings. The summed E-state index contributed by atoms with van der Waals surface area (Å²) < 4.78 is 4.39. The van der Waals surface area contributed by atoms with Crippen LogP contribution in [0.4, 0.5) is 16.2 Å². The summed E-state index contributed by atoms with van der Waals surface area (Å²) in [4.78, 5) is 26.0. The third-order valence-corrected chi connectivity index (χ3v) is 5.51. The van der Waals surface area contributed by atoms with Crippen molar-refractivity contribution in [2.45, 2.75) is 58.0 Å². The van der Waals surface area contributed by atoms with Gasteiger partial charge in [-0.3, -0.25) is 10.1 Å². The molecule has 1 heterocycles. The van der Waals surface area contributed by atoms with Crippen LogP contribution in [0, 0.1) is 10.1 Å². The number of nitrogens with zero attached hydrogens (tertiary/aromatic N) is 2. The second-order valence-electron chi connectivity index (χ2n) is 6.92. The number of carbonyl (C=O) groups is 1. The summed E-state index contributed by atoms with van der Waals surface area (Å²) in [5, 5.41) is 12.3. The van der Waals surface area contributed by atoms with Gasteiger partial charge in [-0.1, -0.05) is 19.3 Å². The Morgan fingerprint density at radius 2 is 2.00 bits per heavy atom. The lowest BCUT2D eigenvalue weighted by Gasteiger charge is -2.18. The smallest absolute Gasteiger partial charge is 0.404 e.